The predicted octanol–water partition coefficient (Wildman–Crippen LogP) is 0.0855. The Balaban J connectivity index is 2.56. The number of nitrogens with zero attached hydrogens (tertiary/aromatic N) is 2. The Hall–Kier alpha value is -1.06. The molecule has 0 aliphatic carbocycles. The molecular weight excluding hydrogens is 168 g/mol. The first-order valence-corrected chi connectivity index (χ1v) is 4.55. The van der Waals surface area contributed by atoms with E-state index in [1.807, 2.05) is 6.92 Å². The van der Waals surface area contributed by atoms with Crippen LogP contribution in [-0.4, -0.2) is 47.3 Å². The quantitative estimate of drug-likeness (QED) is 0.535. The average molecular weight is 184 g/mol. The molecule has 74 valence electrons. The molecule has 0 aromatic heterocycles. The Morgan fingerprint density at radius 2 is 1.77 bits per heavy atom. The summed E-state index contributed by atoms with van der Waals surface area (Å²) < 4.78 is 0. The van der Waals surface area contributed by atoms with Crippen molar-refractivity contribution in [3.63, 3.8) is 0 Å². The van der Waals surface area contributed by atoms with E-state index >= 15 is 0 Å². The van der Waals surface area contributed by atoms with E-state index < -0.39 is 0 Å². The number of carbonyl (C=O) groups is 2. The van der Waals surface area contributed by atoms with Crippen molar-refractivity contribution >= 4 is 11.8 Å². The van der Waals surface area contributed by atoms with E-state index in [2.05, 4.69) is 0 Å². The Bertz CT molecular complexity index is 228. The maximum Gasteiger partial charge on any atom is 0.219 e. The van der Waals surface area contributed by atoms with Gasteiger partial charge in [-0.25, -0.2) is 0 Å². The lowest BCUT2D eigenvalue weighted by molar-refractivity contribution is -0.139. The van der Waals surface area contributed by atoms with Crippen LogP contribution in [0.15, 0.2) is 0 Å². The van der Waals surface area contributed by atoms with Crippen LogP contribution in [0.1, 0.15) is 20.8 Å². The molecule has 1 unspecified atom stereocenters. The van der Waals surface area contributed by atoms with Gasteiger partial charge in [0.25, 0.3) is 0 Å². The molecule has 1 atom stereocenters. The van der Waals surface area contributed by atoms with Gasteiger partial charge in [0.2, 0.25) is 11.8 Å². The molecule has 0 aromatic carbocycles. The lowest BCUT2D eigenvalue weighted by Gasteiger charge is -2.39. The molecule has 0 radical (unpaired) electrons. The van der Waals surface area contributed by atoms with Crippen molar-refractivity contribution in [1.82, 2.24) is 9.80 Å². The van der Waals surface area contributed by atoms with E-state index in [1.54, 1.807) is 23.6 Å². The molecule has 0 aromatic rings. The fraction of sp³-hybridized carbons (Fsp3) is 0.778. The van der Waals surface area contributed by atoms with Crippen LogP contribution in [0, 0.1) is 0 Å². The van der Waals surface area contributed by atoms with Gasteiger partial charge in [0, 0.05) is 39.5 Å². The summed E-state index contributed by atoms with van der Waals surface area (Å²) in [5, 5.41) is 0. The highest BCUT2D eigenvalue weighted by Gasteiger charge is 2.26. The van der Waals surface area contributed by atoms with Crippen LogP contribution in [0.3, 0.4) is 0 Å². The van der Waals surface area contributed by atoms with Crippen molar-refractivity contribution in [3.05, 3.63) is 0 Å². The lowest BCUT2D eigenvalue weighted by Crippen LogP contribution is -2.54. The molecule has 2 amide bonds. The number of carbonyl (C=O) groups excluding carboxylic acids is 2. The van der Waals surface area contributed by atoms with E-state index in [4.69, 9.17) is 0 Å². The van der Waals surface area contributed by atoms with Gasteiger partial charge in [0.15, 0.2) is 0 Å². The predicted molar refractivity (Wildman–Crippen MR) is 49.1 cm³/mol. The summed E-state index contributed by atoms with van der Waals surface area (Å²) in [7, 11) is 0. The van der Waals surface area contributed by atoms with E-state index in [-0.39, 0.29) is 17.9 Å². The normalized spacial score (nSPS) is 23.2. The molecule has 1 aliphatic rings. The topological polar surface area (TPSA) is 40.6 Å². The summed E-state index contributed by atoms with van der Waals surface area (Å²) >= 11 is 0. The van der Waals surface area contributed by atoms with Gasteiger partial charge in [-0.05, 0) is 6.92 Å². The van der Waals surface area contributed by atoms with Gasteiger partial charge >= 0.3 is 0 Å². The standard InChI is InChI=1S/C9H16N2O2/c1-7-6-10(8(2)12)4-5-11(7)9(3)13/h7H,4-6H2,1-3H3. The molecule has 1 aliphatic heterocycles. The number of hydrogen-bond acceptors (Lipinski definition) is 2. The monoisotopic (exact) mass is 184 g/mol. The number of hydrogen-bond donors (Lipinski definition) is 0. The zero-order valence-electron chi connectivity index (χ0n) is 8.41. The molecule has 0 spiro atoms. The van der Waals surface area contributed by atoms with E-state index in [1.165, 1.54) is 0 Å². The van der Waals surface area contributed by atoms with Crippen molar-refractivity contribution in [3.8, 4) is 0 Å². The first-order valence-electron chi connectivity index (χ1n) is 4.55. The lowest BCUT2D eigenvalue weighted by atomic mass is 10.2. The van der Waals surface area contributed by atoms with Crippen molar-refractivity contribution < 1.29 is 9.59 Å². The molecule has 0 saturated carbocycles. The van der Waals surface area contributed by atoms with Gasteiger partial charge in [-0.2, -0.15) is 0 Å². The van der Waals surface area contributed by atoms with Gasteiger partial charge in [-0.15, -0.1) is 0 Å². The third-order valence-corrected chi connectivity index (χ3v) is 2.48. The third kappa shape index (κ3) is 2.20. The zero-order chi connectivity index (χ0) is 10.0. The van der Waals surface area contributed by atoms with Crippen molar-refractivity contribution in [1.29, 1.82) is 0 Å². The fourth-order valence-electron chi connectivity index (χ4n) is 1.71. The largest absolute Gasteiger partial charge is 0.339 e. The molecule has 0 N–H and O–H groups in total. The molecular formula is C9H16N2O2. The molecule has 0 bridgehead atoms. The number of rotatable bonds is 0. The minimum atomic E-state index is 0.0926. The Morgan fingerprint density at radius 1 is 1.15 bits per heavy atom. The van der Waals surface area contributed by atoms with Crippen LogP contribution in [0.2, 0.25) is 0 Å². The second-order valence-corrected chi connectivity index (χ2v) is 3.53. The van der Waals surface area contributed by atoms with E-state index in [0.717, 1.165) is 0 Å². The van der Waals surface area contributed by atoms with Gasteiger partial charge in [-0.3, -0.25) is 9.59 Å². The summed E-state index contributed by atoms with van der Waals surface area (Å²) in [6.45, 7) is 7.09. The summed E-state index contributed by atoms with van der Waals surface area (Å²) in [4.78, 5) is 25.7. The van der Waals surface area contributed by atoms with Gasteiger partial charge in [-0.1, -0.05) is 0 Å². The second-order valence-electron chi connectivity index (χ2n) is 3.53. The van der Waals surface area contributed by atoms with Crippen LogP contribution in [0.5, 0.6) is 0 Å². The summed E-state index contributed by atoms with van der Waals surface area (Å²) in [5.41, 5.74) is 0. The van der Waals surface area contributed by atoms with Crippen LogP contribution in [0.4, 0.5) is 0 Å². The zero-order valence-corrected chi connectivity index (χ0v) is 8.41. The molecule has 1 saturated heterocycles. The summed E-state index contributed by atoms with van der Waals surface area (Å²) in [6, 6.07) is 0.148. The molecule has 1 fully saturated rings. The smallest absolute Gasteiger partial charge is 0.219 e. The second kappa shape index (κ2) is 3.77. The van der Waals surface area contributed by atoms with E-state index in [0.29, 0.717) is 19.6 Å². The van der Waals surface area contributed by atoms with Gasteiger partial charge < -0.3 is 9.80 Å². The Kier molecular flexibility index (Phi) is 2.90. The first-order chi connectivity index (χ1) is 6.02. The Morgan fingerprint density at radius 3 is 2.15 bits per heavy atom. The van der Waals surface area contributed by atoms with Gasteiger partial charge in [0.1, 0.15) is 0 Å². The van der Waals surface area contributed by atoms with Crippen LogP contribution < -0.4 is 0 Å². The minimum absolute atomic E-state index is 0.0926. The fourth-order valence-corrected chi connectivity index (χ4v) is 1.71. The van der Waals surface area contributed by atoms with Crippen molar-refractivity contribution in [2.24, 2.45) is 0 Å². The van der Waals surface area contributed by atoms with E-state index in [9.17, 15) is 9.59 Å². The molecule has 1 rings (SSSR count). The highest BCUT2D eigenvalue weighted by atomic mass is 16.2. The molecule has 13 heavy (non-hydrogen) atoms. The maximum atomic E-state index is 11.1. The minimum Gasteiger partial charge on any atom is -0.339 e. The SMILES string of the molecule is CC(=O)N1CCN(C(C)=O)C(C)C1. The molecule has 4 nitrogen and oxygen atoms in total. The molecule has 1 heterocycles. The summed E-state index contributed by atoms with van der Waals surface area (Å²) in [5.74, 6) is 0.186. The number of amides is 2. The van der Waals surface area contributed by atoms with Crippen LogP contribution in [0.25, 0.3) is 0 Å². The Labute approximate surface area is 78.5 Å². The molecule has 4 heteroatoms. The van der Waals surface area contributed by atoms with Crippen LogP contribution >= 0.6 is 0 Å². The highest BCUT2D eigenvalue weighted by molar-refractivity contribution is 5.76. The maximum absolute atomic E-state index is 11.1. The number of piperazine rings is 1. The summed E-state index contributed by atoms with van der Waals surface area (Å²) in [6.07, 6.45) is 0. The van der Waals surface area contributed by atoms with Crippen molar-refractivity contribution in [2.45, 2.75) is 26.8 Å². The third-order valence-electron chi connectivity index (χ3n) is 2.48. The highest BCUT2D eigenvalue weighted by Crippen LogP contribution is 2.09. The average Bonchev–Trinajstić information content (AvgIpc) is 2.03. The van der Waals surface area contributed by atoms with Crippen LogP contribution in [-0.2, 0) is 9.59 Å². The van der Waals surface area contributed by atoms with Crippen molar-refractivity contribution in [2.75, 3.05) is 19.6 Å². The van der Waals surface area contributed by atoms with Gasteiger partial charge in [0.05, 0.1) is 0 Å². The first kappa shape index (κ1) is 10.0.